The molecule has 1 aliphatic rings. The van der Waals surface area contributed by atoms with Crippen LogP contribution in [0.5, 0.6) is 5.75 Å². The maximum atomic E-state index is 6.06. The number of ether oxygens (including phenoxy) is 1. The number of likely N-dealkylation sites (N-methyl/N-ethyl adjacent to an activating group) is 1. The quantitative estimate of drug-likeness (QED) is 0.815. The van der Waals surface area contributed by atoms with Gasteiger partial charge in [-0.3, -0.25) is 0 Å². The third-order valence-electron chi connectivity index (χ3n) is 3.42. The van der Waals surface area contributed by atoms with Crippen molar-refractivity contribution in [2.24, 2.45) is 0 Å². The Hall–Kier alpha value is -1.02. The highest BCUT2D eigenvalue weighted by atomic mass is 16.5. The molecule has 2 nitrogen and oxygen atoms in total. The minimum atomic E-state index is 0.296. The van der Waals surface area contributed by atoms with Crippen LogP contribution < -0.4 is 10.1 Å². The van der Waals surface area contributed by atoms with Crippen LogP contribution in [0.15, 0.2) is 18.2 Å². The molecule has 0 aromatic heterocycles. The number of rotatable bonds is 6. The first-order chi connectivity index (χ1) is 8.33. The smallest absolute Gasteiger partial charge is 0.120 e. The summed E-state index contributed by atoms with van der Waals surface area (Å²) in [5.41, 5.74) is 3.00. The van der Waals surface area contributed by atoms with Crippen molar-refractivity contribution in [2.75, 3.05) is 13.6 Å². The van der Waals surface area contributed by atoms with Gasteiger partial charge in [-0.2, -0.15) is 0 Å². The Kier molecular flexibility index (Phi) is 4.43. The van der Waals surface area contributed by atoms with E-state index in [2.05, 4.69) is 30.4 Å². The molecule has 17 heavy (non-hydrogen) atoms. The van der Waals surface area contributed by atoms with E-state index >= 15 is 0 Å². The summed E-state index contributed by atoms with van der Waals surface area (Å²) >= 11 is 0. The van der Waals surface area contributed by atoms with Crippen LogP contribution in [0, 0.1) is 0 Å². The Morgan fingerprint density at radius 1 is 1.29 bits per heavy atom. The Bertz CT molecular complexity index is 356. The van der Waals surface area contributed by atoms with Crippen molar-refractivity contribution in [1.82, 2.24) is 5.32 Å². The Balaban J connectivity index is 2.01. The molecule has 1 aromatic carbocycles. The molecule has 1 atom stereocenters. The predicted molar refractivity (Wildman–Crippen MR) is 71.7 cm³/mol. The van der Waals surface area contributed by atoms with Crippen molar-refractivity contribution in [2.45, 2.75) is 45.1 Å². The summed E-state index contributed by atoms with van der Waals surface area (Å²) in [5.74, 6) is 1.04. The molecule has 1 aromatic rings. The van der Waals surface area contributed by atoms with E-state index in [4.69, 9.17) is 4.74 Å². The van der Waals surface area contributed by atoms with E-state index in [0.29, 0.717) is 6.10 Å². The van der Waals surface area contributed by atoms with Crippen LogP contribution in [0.2, 0.25) is 0 Å². The van der Waals surface area contributed by atoms with Crippen LogP contribution in [0.4, 0.5) is 0 Å². The molecule has 0 heterocycles. The number of hydrogen-bond acceptors (Lipinski definition) is 2. The average Bonchev–Trinajstić information content (AvgIpc) is 2.77. The molecule has 0 saturated heterocycles. The Labute approximate surface area is 104 Å². The first-order valence-corrected chi connectivity index (χ1v) is 6.76. The van der Waals surface area contributed by atoms with E-state index in [1.807, 2.05) is 7.05 Å². The Morgan fingerprint density at radius 2 is 2.12 bits per heavy atom. The van der Waals surface area contributed by atoms with Crippen LogP contribution in [-0.2, 0) is 12.8 Å². The molecule has 2 heteroatoms. The van der Waals surface area contributed by atoms with Gasteiger partial charge in [0, 0.05) is 6.54 Å². The second-order valence-corrected chi connectivity index (χ2v) is 4.87. The predicted octanol–water partition coefficient (Wildman–Crippen LogP) is 2.94. The molecule has 2 rings (SSSR count). The fourth-order valence-corrected chi connectivity index (χ4v) is 2.57. The van der Waals surface area contributed by atoms with Crippen molar-refractivity contribution in [3.8, 4) is 5.75 Å². The summed E-state index contributed by atoms with van der Waals surface area (Å²) < 4.78 is 6.06. The molecule has 0 amide bonds. The SMILES string of the molecule is CCCC(CNC)Oc1ccc2c(c1)CCC2. The number of benzene rings is 1. The number of aryl methyl sites for hydroxylation is 2. The van der Waals surface area contributed by atoms with E-state index in [0.717, 1.165) is 25.1 Å². The van der Waals surface area contributed by atoms with E-state index < -0.39 is 0 Å². The van der Waals surface area contributed by atoms with Crippen molar-refractivity contribution >= 4 is 0 Å². The van der Waals surface area contributed by atoms with Crippen molar-refractivity contribution in [1.29, 1.82) is 0 Å². The highest BCUT2D eigenvalue weighted by Gasteiger charge is 2.13. The third kappa shape index (κ3) is 3.22. The first kappa shape index (κ1) is 12.4. The van der Waals surface area contributed by atoms with Gasteiger partial charge in [0.2, 0.25) is 0 Å². The van der Waals surface area contributed by atoms with Crippen LogP contribution in [0.1, 0.15) is 37.3 Å². The van der Waals surface area contributed by atoms with E-state index in [1.165, 1.54) is 30.4 Å². The van der Waals surface area contributed by atoms with Crippen LogP contribution in [0.3, 0.4) is 0 Å². The third-order valence-corrected chi connectivity index (χ3v) is 3.42. The molecule has 0 aliphatic heterocycles. The lowest BCUT2D eigenvalue weighted by molar-refractivity contribution is 0.189. The Morgan fingerprint density at radius 3 is 2.88 bits per heavy atom. The molecular formula is C15H23NO. The minimum Gasteiger partial charge on any atom is -0.489 e. The van der Waals surface area contributed by atoms with Crippen molar-refractivity contribution in [3.05, 3.63) is 29.3 Å². The molecule has 1 unspecified atom stereocenters. The second kappa shape index (κ2) is 6.06. The number of nitrogens with one attached hydrogen (secondary N) is 1. The van der Waals surface area contributed by atoms with Gasteiger partial charge in [-0.1, -0.05) is 19.4 Å². The van der Waals surface area contributed by atoms with Gasteiger partial charge in [-0.05, 0) is 56.0 Å². The molecule has 1 aliphatic carbocycles. The summed E-state index contributed by atoms with van der Waals surface area (Å²) in [4.78, 5) is 0. The standard InChI is InChI=1S/C15H23NO/c1-3-5-15(11-16-2)17-14-9-8-12-6-4-7-13(12)10-14/h8-10,15-16H,3-7,11H2,1-2H3. The largest absolute Gasteiger partial charge is 0.489 e. The zero-order valence-electron chi connectivity index (χ0n) is 11.0. The van der Waals surface area contributed by atoms with Crippen LogP contribution in [0.25, 0.3) is 0 Å². The normalized spacial score (nSPS) is 15.6. The summed E-state index contributed by atoms with van der Waals surface area (Å²) in [6.45, 7) is 3.12. The van der Waals surface area contributed by atoms with Gasteiger partial charge < -0.3 is 10.1 Å². The zero-order chi connectivity index (χ0) is 12.1. The van der Waals surface area contributed by atoms with Gasteiger partial charge in [0.1, 0.15) is 11.9 Å². The maximum Gasteiger partial charge on any atom is 0.120 e. The van der Waals surface area contributed by atoms with Gasteiger partial charge in [-0.15, -0.1) is 0 Å². The fraction of sp³-hybridized carbons (Fsp3) is 0.600. The number of fused-ring (bicyclic) bond motifs is 1. The van der Waals surface area contributed by atoms with Crippen LogP contribution in [-0.4, -0.2) is 19.7 Å². The molecule has 1 N–H and O–H groups in total. The fourth-order valence-electron chi connectivity index (χ4n) is 2.57. The highest BCUT2D eigenvalue weighted by Crippen LogP contribution is 2.26. The maximum absolute atomic E-state index is 6.06. The molecule has 0 bridgehead atoms. The molecular weight excluding hydrogens is 210 g/mol. The lowest BCUT2D eigenvalue weighted by Crippen LogP contribution is -2.29. The molecule has 0 spiro atoms. The summed E-state index contributed by atoms with van der Waals surface area (Å²) in [5, 5.41) is 3.20. The van der Waals surface area contributed by atoms with E-state index in [9.17, 15) is 0 Å². The molecule has 94 valence electrons. The van der Waals surface area contributed by atoms with Crippen molar-refractivity contribution < 1.29 is 4.74 Å². The molecule has 0 radical (unpaired) electrons. The highest BCUT2D eigenvalue weighted by molar-refractivity contribution is 5.38. The average molecular weight is 233 g/mol. The van der Waals surface area contributed by atoms with E-state index in [1.54, 1.807) is 0 Å². The summed E-state index contributed by atoms with van der Waals surface area (Å²) in [6.07, 6.45) is 6.33. The van der Waals surface area contributed by atoms with Gasteiger partial charge in [-0.25, -0.2) is 0 Å². The topological polar surface area (TPSA) is 21.3 Å². The second-order valence-electron chi connectivity index (χ2n) is 4.87. The monoisotopic (exact) mass is 233 g/mol. The van der Waals surface area contributed by atoms with Crippen molar-refractivity contribution in [3.63, 3.8) is 0 Å². The minimum absolute atomic E-state index is 0.296. The van der Waals surface area contributed by atoms with E-state index in [-0.39, 0.29) is 0 Å². The van der Waals surface area contributed by atoms with Crippen LogP contribution >= 0.6 is 0 Å². The van der Waals surface area contributed by atoms with Gasteiger partial charge in [0.15, 0.2) is 0 Å². The summed E-state index contributed by atoms with van der Waals surface area (Å²) in [6, 6.07) is 6.60. The number of hydrogen-bond donors (Lipinski definition) is 1. The van der Waals surface area contributed by atoms with Gasteiger partial charge >= 0.3 is 0 Å². The lowest BCUT2D eigenvalue weighted by Gasteiger charge is -2.18. The van der Waals surface area contributed by atoms with Gasteiger partial charge in [0.05, 0.1) is 0 Å². The van der Waals surface area contributed by atoms with Gasteiger partial charge in [0.25, 0.3) is 0 Å². The first-order valence-electron chi connectivity index (χ1n) is 6.76. The molecule has 0 fully saturated rings. The molecule has 0 saturated carbocycles. The zero-order valence-corrected chi connectivity index (χ0v) is 11.0. The lowest BCUT2D eigenvalue weighted by atomic mass is 10.1. The summed E-state index contributed by atoms with van der Waals surface area (Å²) in [7, 11) is 1.98.